The van der Waals surface area contributed by atoms with E-state index in [2.05, 4.69) is 24.5 Å². The van der Waals surface area contributed by atoms with E-state index in [1.54, 1.807) is 6.08 Å². The van der Waals surface area contributed by atoms with Gasteiger partial charge in [0, 0.05) is 6.08 Å². The topological polar surface area (TPSA) is 0 Å². The molecule has 0 fully saturated rings. The van der Waals surface area contributed by atoms with Gasteiger partial charge in [0.15, 0.2) is 0 Å². The SMILES string of the molecule is C=CC#C/[C]=C/C. The average molecular weight is 91.1 g/mol. The Hall–Kier alpha value is -0.960. The molecule has 0 saturated heterocycles. The van der Waals surface area contributed by atoms with Gasteiger partial charge in [0.1, 0.15) is 0 Å². The van der Waals surface area contributed by atoms with Crippen molar-refractivity contribution in [1.29, 1.82) is 0 Å². The molecular formula is C7H7. The second kappa shape index (κ2) is 5.04. The Morgan fingerprint density at radius 2 is 2.29 bits per heavy atom. The number of hydrogen-bond donors (Lipinski definition) is 0. The normalized spacial score (nSPS) is 7.57. The molecule has 0 atom stereocenters. The molecule has 0 aromatic rings. The highest BCUT2D eigenvalue weighted by molar-refractivity contribution is 5.17. The van der Waals surface area contributed by atoms with Gasteiger partial charge >= 0.3 is 0 Å². The fraction of sp³-hybridized carbons (Fsp3) is 0.143. The van der Waals surface area contributed by atoms with E-state index in [0.29, 0.717) is 0 Å². The maximum atomic E-state index is 3.40. The van der Waals surface area contributed by atoms with Gasteiger partial charge in [0.25, 0.3) is 0 Å². The second-order valence-electron chi connectivity index (χ2n) is 0.906. The number of allylic oxidation sites excluding steroid dienone is 3. The van der Waals surface area contributed by atoms with E-state index in [1.165, 1.54) is 6.08 Å². The summed E-state index contributed by atoms with van der Waals surface area (Å²) in [5.41, 5.74) is 0. The van der Waals surface area contributed by atoms with Gasteiger partial charge in [-0.3, -0.25) is 0 Å². The second-order valence-corrected chi connectivity index (χ2v) is 0.906. The van der Waals surface area contributed by atoms with E-state index in [0.717, 1.165) is 0 Å². The fourth-order valence-corrected chi connectivity index (χ4v) is 0.165. The van der Waals surface area contributed by atoms with Crippen molar-refractivity contribution in [3.05, 3.63) is 24.8 Å². The average Bonchev–Trinajstić information content (AvgIpc) is 1.69. The zero-order valence-corrected chi connectivity index (χ0v) is 4.36. The Balaban J connectivity index is 3.45. The Labute approximate surface area is 44.5 Å². The first-order valence-electron chi connectivity index (χ1n) is 2.06. The molecule has 0 aliphatic rings. The smallest absolute Gasteiger partial charge is 0.0359 e. The molecule has 35 valence electrons. The van der Waals surface area contributed by atoms with Gasteiger partial charge in [0.2, 0.25) is 0 Å². The highest BCUT2D eigenvalue weighted by atomic mass is 13.5. The first-order valence-corrected chi connectivity index (χ1v) is 2.06. The molecule has 0 aromatic heterocycles. The van der Waals surface area contributed by atoms with Crippen LogP contribution >= 0.6 is 0 Å². The highest BCUT2D eigenvalue weighted by Crippen LogP contribution is 1.61. The van der Waals surface area contributed by atoms with E-state index < -0.39 is 0 Å². The monoisotopic (exact) mass is 91.1 g/mol. The molecule has 7 heavy (non-hydrogen) atoms. The summed E-state index contributed by atoms with van der Waals surface area (Å²) in [5, 5.41) is 0. The van der Waals surface area contributed by atoms with Crippen LogP contribution in [0.3, 0.4) is 0 Å². The quantitative estimate of drug-likeness (QED) is 0.397. The molecule has 0 rings (SSSR count). The molecular weight excluding hydrogens is 84.1 g/mol. The maximum absolute atomic E-state index is 3.40. The van der Waals surface area contributed by atoms with Gasteiger partial charge < -0.3 is 0 Å². The van der Waals surface area contributed by atoms with Gasteiger partial charge in [-0.05, 0) is 13.0 Å². The molecule has 0 N–H and O–H groups in total. The lowest BCUT2D eigenvalue weighted by Crippen LogP contribution is -1.45. The predicted molar refractivity (Wildman–Crippen MR) is 31.5 cm³/mol. The maximum Gasteiger partial charge on any atom is 0.0359 e. The van der Waals surface area contributed by atoms with E-state index in [9.17, 15) is 0 Å². The van der Waals surface area contributed by atoms with Crippen molar-refractivity contribution < 1.29 is 0 Å². The van der Waals surface area contributed by atoms with Gasteiger partial charge in [0.05, 0.1) is 0 Å². The van der Waals surface area contributed by atoms with Crippen LogP contribution in [0, 0.1) is 17.9 Å². The molecule has 0 aliphatic heterocycles. The van der Waals surface area contributed by atoms with Gasteiger partial charge in [-0.2, -0.15) is 0 Å². The third-order valence-electron chi connectivity index (χ3n) is 0.391. The first-order chi connectivity index (χ1) is 3.41. The summed E-state index contributed by atoms with van der Waals surface area (Å²) in [6.07, 6.45) is 5.99. The Morgan fingerprint density at radius 3 is 2.71 bits per heavy atom. The van der Waals surface area contributed by atoms with E-state index >= 15 is 0 Å². The lowest BCUT2D eigenvalue weighted by Gasteiger charge is -1.56. The van der Waals surface area contributed by atoms with Crippen molar-refractivity contribution in [3.8, 4) is 11.8 Å². The molecule has 0 aliphatic carbocycles. The van der Waals surface area contributed by atoms with Gasteiger partial charge in [-0.25, -0.2) is 0 Å². The molecule has 0 bridgehead atoms. The lowest BCUT2D eigenvalue weighted by molar-refractivity contribution is 1.73. The van der Waals surface area contributed by atoms with E-state index in [1.807, 2.05) is 6.92 Å². The molecule has 0 saturated carbocycles. The molecule has 0 aromatic carbocycles. The zero-order chi connectivity index (χ0) is 5.54. The fourth-order valence-electron chi connectivity index (χ4n) is 0.165. The third kappa shape index (κ3) is 5.04. The molecule has 0 heteroatoms. The summed E-state index contributed by atoms with van der Waals surface area (Å²) in [6, 6.07) is 0. The van der Waals surface area contributed by atoms with Crippen LogP contribution in [0.5, 0.6) is 0 Å². The van der Waals surface area contributed by atoms with Crippen LogP contribution in [0.2, 0.25) is 0 Å². The Kier molecular flexibility index (Phi) is 4.35. The molecule has 0 heterocycles. The largest absolute Gasteiger partial charge is 0.0906 e. The van der Waals surface area contributed by atoms with Crippen molar-refractivity contribution in [1.82, 2.24) is 0 Å². The Bertz CT molecular complexity index is 119. The molecule has 0 nitrogen and oxygen atoms in total. The lowest BCUT2D eigenvalue weighted by atomic mass is 10.5. The minimum atomic E-state index is 1.54. The zero-order valence-electron chi connectivity index (χ0n) is 4.36. The molecule has 1 radical (unpaired) electrons. The van der Waals surface area contributed by atoms with Crippen molar-refractivity contribution in [2.24, 2.45) is 0 Å². The molecule has 0 unspecified atom stereocenters. The predicted octanol–water partition coefficient (Wildman–Crippen LogP) is 1.56. The first kappa shape index (κ1) is 6.04. The summed E-state index contributed by atoms with van der Waals surface area (Å²) >= 11 is 0. The molecule has 0 spiro atoms. The third-order valence-corrected chi connectivity index (χ3v) is 0.391. The van der Waals surface area contributed by atoms with Crippen molar-refractivity contribution >= 4 is 0 Å². The van der Waals surface area contributed by atoms with Crippen LogP contribution in [0.1, 0.15) is 6.92 Å². The van der Waals surface area contributed by atoms with E-state index in [4.69, 9.17) is 0 Å². The van der Waals surface area contributed by atoms with Crippen LogP contribution in [-0.2, 0) is 0 Å². The summed E-state index contributed by atoms with van der Waals surface area (Å²) in [5.74, 6) is 5.23. The van der Waals surface area contributed by atoms with Crippen LogP contribution < -0.4 is 0 Å². The van der Waals surface area contributed by atoms with Gasteiger partial charge in [-0.1, -0.05) is 24.5 Å². The summed E-state index contributed by atoms with van der Waals surface area (Å²) in [6.45, 7) is 5.28. The number of hydrogen-bond acceptors (Lipinski definition) is 0. The standard InChI is InChI=1S/C7H7/c1-3-5-7-6-4-2/h3-4H,1H2,2H3. The minimum Gasteiger partial charge on any atom is -0.0906 e. The van der Waals surface area contributed by atoms with Crippen molar-refractivity contribution in [2.75, 3.05) is 0 Å². The summed E-state index contributed by atoms with van der Waals surface area (Å²) < 4.78 is 0. The van der Waals surface area contributed by atoms with Crippen LogP contribution in [-0.4, -0.2) is 0 Å². The van der Waals surface area contributed by atoms with Crippen LogP contribution in [0.15, 0.2) is 18.7 Å². The van der Waals surface area contributed by atoms with E-state index in [-0.39, 0.29) is 0 Å². The van der Waals surface area contributed by atoms with Gasteiger partial charge in [-0.15, -0.1) is 0 Å². The van der Waals surface area contributed by atoms with Crippen LogP contribution in [0.4, 0.5) is 0 Å². The highest BCUT2D eigenvalue weighted by Gasteiger charge is 1.50. The van der Waals surface area contributed by atoms with Crippen molar-refractivity contribution in [3.63, 3.8) is 0 Å². The van der Waals surface area contributed by atoms with Crippen molar-refractivity contribution in [2.45, 2.75) is 6.92 Å². The number of rotatable bonds is 0. The summed E-state index contributed by atoms with van der Waals surface area (Å²) in [4.78, 5) is 0. The molecule has 0 amide bonds. The summed E-state index contributed by atoms with van der Waals surface area (Å²) in [7, 11) is 0. The van der Waals surface area contributed by atoms with Crippen LogP contribution in [0.25, 0.3) is 0 Å². The minimum absolute atomic E-state index is 1.54. The Morgan fingerprint density at radius 1 is 1.57 bits per heavy atom.